The summed E-state index contributed by atoms with van der Waals surface area (Å²) in [6.07, 6.45) is 2.38. The lowest BCUT2D eigenvalue weighted by atomic mass is 9.79. The molecule has 27 heavy (non-hydrogen) atoms. The number of carbonyl (C=O) groups is 1. The highest BCUT2D eigenvalue weighted by atomic mass is 32.1. The largest absolute Gasteiger partial charge is 0.350 e. The number of H-pyrrole nitrogens is 1. The Morgan fingerprint density at radius 3 is 3.00 bits per heavy atom. The zero-order valence-electron chi connectivity index (χ0n) is 14.7. The van der Waals surface area contributed by atoms with Crippen LogP contribution < -0.4 is 16.0 Å². The Bertz CT molecular complexity index is 1180. The minimum absolute atomic E-state index is 0.0826. The monoisotopic (exact) mass is 393 g/mol. The zero-order valence-corrected chi connectivity index (χ0v) is 16.3. The Hall–Kier alpha value is -2.69. The fourth-order valence-electron chi connectivity index (χ4n) is 4.21. The molecule has 134 valence electrons. The summed E-state index contributed by atoms with van der Waals surface area (Å²) >= 11 is 3.30. The van der Waals surface area contributed by atoms with Gasteiger partial charge in [0.2, 0.25) is 0 Å². The molecular weight excluding hydrogens is 376 g/mol. The van der Waals surface area contributed by atoms with Gasteiger partial charge in [0.15, 0.2) is 5.78 Å². The SMILES string of the molecule is Cc1c(C#N)c(N)[nH+]c2c3c(sc12)NC1=C(C(=O)CCC1)[C@@H]3c1cccs1. The summed E-state index contributed by atoms with van der Waals surface area (Å²) in [7, 11) is 0. The van der Waals surface area contributed by atoms with Crippen LogP contribution in [0.15, 0.2) is 28.8 Å². The first kappa shape index (κ1) is 16.5. The second kappa shape index (κ2) is 5.91. The van der Waals surface area contributed by atoms with Gasteiger partial charge >= 0.3 is 0 Å². The maximum Gasteiger partial charge on any atom is 0.289 e. The molecular formula is C20H17N4OS2+. The molecule has 0 bridgehead atoms. The molecule has 0 fully saturated rings. The van der Waals surface area contributed by atoms with Crippen LogP contribution in [0.5, 0.6) is 0 Å². The van der Waals surface area contributed by atoms with E-state index in [1.807, 2.05) is 13.0 Å². The number of aryl methyl sites for hydroxylation is 1. The van der Waals surface area contributed by atoms with E-state index in [1.165, 1.54) is 0 Å². The summed E-state index contributed by atoms with van der Waals surface area (Å²) in [6.45, 7) is 1.94. The molecule has 0 amide bonds. The van der Waals surface area contributed by atoms with Crippen molar-refractivity contribution in [3.05, 3.63) is 50.4 Å². The highest BCUT2D eigenvalue weighted by Gasteiger charge is 2.39. The summed E-state index contributed by atoms with van der Waals surface area (Å²) in [6, 6.07) is 6.33. The van der Waals surface area contributed by atoms with Gasteiger partial charge in [-0.1, -0.05) is 6.07 Å². The third-order valence-corrected chi connectivity index (χ3v) is 7.60. The van der Waals surface area contributed by atoms with Gasteiger partial charge in [0, 0.05) is 28.1 Å². The molecule has 4 N–H and O–H groups in total. The number of aromatic amines is 1. The number of anilines is 2. The van der Waals surface area contributed by atoms with Crippen LogP contribution >= 0.6 is 22.7 Å². The molecule has 4 heterocycles. The first-order valence-corrected chi connectivity index (χ1v) is 10.5. The highest BCUT2D eigenvalue weighted by molar-refractivity contribution is 7.23. The van der Waals surface area contributed by atoms with Crippen LogP contribution in [0.25, 0.3) is 10.2 Å². The second-order valence-electron chi connectivity index (χ2n) is 6.94. The topological polar surface area (TPSA) is 93.1 Å². The molecule has 5 rings (SSSR count). The molecule has 3 aromatic heterocycles. The van der Waals surface area contributed by atoms with Crippen molar-refractivity contribution in [1.82, 2.24) is 0 Å². The fourth-order valence-corrected chi connectivity index (χ4v) is 6.28. The molecule has 0 saturated heterocycles. The predicted octanol–water partition coefficient (Wildman–Crippen LogP) is 4.10. The first-order valence-electron chi connectivity index (χ1n) is 8.84. The predicted molar refractivity (Wildman–Crippen MR) is 108 cm³/mol. The summed E-state index contributed by atoms with van der Waals surface area (Å²) in [5.41, 5.74) is 11.5. The molecule has 1 aliphatic heterocycles. The minimum atomic E-state index is -0.0826. The molecule has 2 aliphatic rings. The van der Waals surface area contributed by atoms with Gasteiger partial charge in [-0.05, 0) is 36.8 Å². The van der Waals surface area contributed by atoms with Crippen LogP contribution in [-0.2, 0) is 4.79 Å². The van der Waals surface area contributed by atoms with Crippen molar-refractivity contribution in [1.29, 1.82) is 5.26 Å². The summed E-state index contributed by atoms with van der Waals surface area (Å²) in [5, 5.41) is 16.1. The number of nitrogen functional groups attached to an aromatic ring is 1. The standard InChI is InChI=1S/C20H16N4OS2/c1-9-10(8-21)19(22)24-17-16-15(13-6-3-7-26-13)14-11(4-2-5-12(14)25)23-20(16)27-18(9)17/h3,6-7,15,23H,2,4-5H2,1H3,(H2,22,24)/p+1/t15-/m0/s1. The number of aromatic nitrogens is 1. The van der Waals surface area contributed by atoms with E-state index in [0.717, 1.165) is 55.3 Å². The van der Waals surface area contributed by atoms with Gasteiger partial charge in [-0.3, -0.25) is 10.5 Å². The summed E-state index contributed by atoms with van der Waals surface area (Å²) in [4.78, 5) is 17.3. The molecule has 7 heteroatoms. The van der Waals surface area contributed by atoms with Gasteiger partial charge in [0.05, 0.1) is 10.6 Å². The van der Waals surface area contributed by atoms with Gasteiger partial charge in [-0.15, -0.1) is 22.7 Å². The molecule has 0 aromatic carbocycles. The van der Waals surface area contributed by atoms with Crippen LogP contribution in [0.4, 0.5) is 10.8 Å². The number of nitriles is 1. The van der Waals surface area contributed by atoms with Gasteiger partial charge in [0.1, 0.15) is 22.2 Å². The maximum absolute atomic E-state index is 12.9. The average Bonchev–Trinajstić information content (AvgIpc) is 3.29. The third-order valence-electron chi connectivity index (χ3n) is 5.43. The third kappa shape index (κ3) is 2.27. The lowest BCUT2D eigenvalue weighted by Crippen LogP contribution is -2.26. The number of fused-ring (bicyclic) bond motifs is 3. The van der Waals surface area contributed by atoms with Crippen molar-refractivity contribution >= 4 is 49.5 Å². The molecule has 1 atom stereocenters. The number of carbonyl (C=O) groups excluding carboxylic acids is 1. The Kier molecular flexibility index (Phi) is 3.61. The van der Waals surface area contributed by atoms with E-state index in [-0.39, 0.29) is 11.7 Å². The minimum Gasteiger partial charge on any atom is -0.350 e. The summed E-state index contributed by atoms with van der Waals surface area (Å²) < 4.78 is 1.02. The normalized spacial score (nSPS) is 18.8. The second-order valence-corrected chi connectivity index (χ2v) is 8.94. The molecule has 1 aliphatic carbocycles. The number of Topliss-reactive ketones (excluding diaryl/α,β-unsaturated/α-hetero) is 1. The number of rotatable bonds is 1. The number of ketones is 1. The van der Waals surface area contributed by atoms with Crippen LogP contribution in [0.1, 0.15) is 46.7 Å². The number of hydrogen-bond donors (Lipinski definition) is 2. The van der Waals surface area contributed by atoms with Crippen molar-refractivity contribution in [3.63, 3.8) is 0 Å². The van der Waals surface area contributed by atoms with Crippen molar-refractivity contribution < 1.29 is 9.78 Å². The number of pyridine rings is 1. The van der Waals surface area contributed by atoms with E-state index < -0.39 is 0 Å². The quantitative estimate of drug-likeness (QED) is 0.651. The van der Waals surface area contributed by atoms with E-state index >= 15 is 0 Å². The lowest BCUT2D eigenvalue weighted by molar-refractivity contribution is -0.327. The smallest absolute Gasteiger partial charge is 0.289 e. The van der Waals surface area contributed by atoms with Crippen molar-refractivity contribution in [2.75, 3.05) is 11.1 Å². The van der Waals surface area contributed by atoms with E-state index in [0.29, 0.717) is 17.8 Å². The Labute approximate surface area is 164 Å². The van der Waals surface area contributed by atoms with Gasteiger partial charge < -0.3 is 5.32 Å². The first-order chi connectivity index (χ1) is 13.1. The van der Waals surface area contributed by atoms with Crippen LogP contribution in [0, 0.1) is 18.3 Å². The Balaban J connectivity index is 1.85. The molecule has 3 aromatic rings. The van der Waals surface area contributed by atoms with Gasteiger partial charge in [-0.2, -0.15) is 5.26 Å². The zero-order chi connectivity index (χ0) is 18.7. The van der Waals surface area contributed by atoms with Gasteiger partial charge in [0.25, 0.3) is 5.82 Å². The van der Waals surface area contributed by atoms with E-state index in [1.54, 1.807) is 22.7 Å². The van der Waals surface area contributed by atoms with Crippen molar-refractivity contribution in [2.45, 2.75) is 32.1 Å². The van der Waals surface area contributed by atoms with Crippen LogP contribution in [-0.4, -0.2) is 5.78 Å². The van der Waals surface area contributed by atoms with Crippen molar-refractivity contribution in [2.24, 2.45) is 0 Å². The highest BCUT2D eigenvalue weighted by Crippen LogP contribution is 2.52. The fraction of sp³-hybridized carbons (Fsp3) is 0.250. The molecule has 5 nitrogen and oxygen atoms in total. The van der Waals surface area contributed by atoms with E-state index in [4.69, 9.17) is 5.73 Å². The lowest BCUT2D eigenvalue weighted by Gasteiger charge is -2.31. The van der Waals surface area contributed by atoms with E-state index in [2.05, 4.69) is 27.8 Å². The van der Waals surface area contributed by atoms with E-state index in [9.17, 15) is 10.1 Å². The van der Waals surface area contributed by atoms with Crippen LogP contribution in [0.3, 0.4) is 0 Å². The molecule has 0 saturated carbocycles. The number of nitrogens with two attached hydrogens (primary N) is 1. The number of thiophene rings is 2. The maximum atomic E-state index is 12.9. The number of nitrogens with zero attached hydrogens (tertiary/aromatic N) is 1. The molecule has 0 unspecified atom stereocenters. The number of nitrogens with one attached hydrogen (secondary N) is 2. The molecule has 0 spiro atoms. The number of hydrogen-bond acceptors (Lipinski definition) is 6. The van der Waals surface area contributed by atoms with Gasteiger partial charge in [-0.25, -0.2) is 4.98 Å². The summed E-state index contributed by atoms with van der Waals surface area (Å²) in [5.74, 6) is 0.522. The number of allylic oxidation sites excluding steroid dienone is 2. The Morgan fingerprint density at radius 1 is 1.41 bits per heavy atom. The molecule has 0 radical (unpaired) electrons. The van der Waals surface area contributed by atoms with Crippen LogP contribution in [0.2, 0.25) is 0 Å². The average molecular weight is 394 g/mol. The van der Waals surface area contributed by atoms with Crippen molar-refractivity contribution in [3.8, 4) is 6.07 Å². The Morgan fingerprint density at radius 2 is 2.26 bits per heavy atom.